The summed E-state index contributed by atoms with van der Waals surface area (Å²) in [6.07, 6.45) is 5.10. The Morgan fingerprint density at radius 2 is 2.00 bits per heavy atom. The molecule has 0 radical (unpaired) electrons. The van der Waals surface area contributed by atoms with E-state index in [0.29, 0.717) is 67.2 Å². The number of amides is 2. The molecule has 230 valence electrons. The molecule has 0 saturated carbocycles. The minimum Gasteiger partial charge on any atom is -0.497 e. The molecule has 3 N–H and O–H groups in total. The first-order valence-electron chi connectivity index (χ1n) is 14.5. The van der Waals surface area contributed by atoms with Crippen LogP contribution >= 0.6 is 0 Å². The third kappa shape index (κ3) is 5.30. The van der Waals surface area contributed by atoms with E-state index < -0.39 is 17.1 Å². The average Bonchev–Trinajstić information content (AvgIpc) is 3.42. The SMILES string of the molecule is COc1ccc(CNc2nccn3c(C4CCCN(C(=O)C5(C)COC5)C4)nc(-c4ccc(C(N)=O)cc4F)c23)c(OC)c1. The molecule has 6 rings (SSSR count). The Bertz CT molecular complexity index is 1740. The normalized spacial score (nSPS) is 17.6. The molecule has 1 unspecified atom stereocenters. The van der Waals surface area contributed by atoms with Crippen LogP contribution in [0.25, 0.3) is 16.8 Å². The second-order valence-electron chi connectivity index (χ2n) is 11.5. The van der Waals surface area contributed by atoms with Gasteiger partial charge in [-0.2, -0.15) is 0 Å². The van der Waals surface area contributed by atoms with Crippen molar-refractivity contribution in [2.75, 3.05) is 45.8 Å². The summed E-state index contributed by atoms with van der Waals surface area (Å²) in [6.45, 7) is 4.29. The number of nitrogens with two attached hydrogens (primary N) is 1. The summed E-state index contributed by atoms with van der Waals surface area (Å²) in [4.78, 5) is 36.6. The van der Waals surface area contributed by atoms with Gasteiger partial charge in [-0.15, -0.1) is 0 Å². The number of nitrogens with one attached hydrogen (secondary N) is 1. The number of likely N-dealkylation sites (tertiary alicyclic amines) is 1. The second-order valence-corrected chi connectivity index (χ2v) is 11.5. The van der Waals surface area contributed by atoms with Crippen molar-refractivity contribution < 1.29 is 28.2 Å². The molecular weight excluding hydrogens is 567 g/mol. The third-order valence-electron chi connectivity index (χ3n) is 8.46. The van der Waals surface area contributed by atoms with Crippen molar-refractivity contribution in [2.24, 2.45) is 11.1 Å². The second kappa shape index (κ2) is 11.8. The molecule has 2 aliphatic heterocycles. The maximum Gasteiger partial charge on any atom is 0.248 e. The molecule has 2 amide bonds. The van der Waals surface area contributed by atoms with E-state index in [0.717, 1.165) is 24.5 Å². The maximum absolute atomic E-state index is 15.6. The zero-order chi connectivity index (χ0) is 31.0. The van der Waals surface area contributed by atoms with Crippen LogP contribution in [-0.2, 0) is 16.1 Å². The molecule has 12 heteroatoms. The van der Waals surface area contributed by atoms with E-state index in [1.807, 2.05) is 28.4 Å². The van der Waals surface area contributed by atoms with Gasteiger partial charge in [-0.3, -0.25) is 14.0 Å². The van der Waals surface area contributed by atoms with E-state index >= 15 is 4.39 Å². The van der Waals surface area contributed by atoms with Gasteiger partial charge in [-0.05, 0) is 50.1 Å². The number of hydrogen-bond acceptors (Lipinski definition) is 8. The molecule has 0 bridgehead atoms. The van der Waals surface area contributed by atoms with E-state index in [1.165, 1.54) is 12.1 Å². The molecule has 0 aliphatic carbocycles. The van der Waals surface area contributed by atoms with Crippen molar-refractivity contribution in [1.82, 2.24) is 19.3 Å². The lowest BCUT2D eigenvalue weighted by molar-refractivity contribution is -0.169. The summed E-state index contributed by atoms with van der Waals surface area (Å²) in [5.74, 6) is 1.14. The Balaban J connectivity index is 1.41. The monoisotopic (exact) mass is 602 g/mol. The van der Waals surface area contributed by atoms with Gasteiger partial charge < -0.3 is 30.2 Å². The molecule has 1 atom stereocenters. The maximum atomic E-state index is 15.6. The first kappa shape index (κ1) is 29.4. The van der Waals surface area contributed by atoms with E-state index in [4.69, 9.17) is 24.9 Å². The van der Waals surface area contributed by atoms with Crippen molar-refractivity contribution in [3.8, 4) is 22.8 Å². The zero-order valence-corrected chi connectivity index (χ0v) is 24.9. The molecule has 2 fully saturated rings. The molecule has 2 aliphatic rings. The minimum atomic E-state index is -0.721. The molecule has 11 nitrogen and oxygen atoms in total. The zero-order valence-electron chi connectivity index (χ0n) is 24.9. The highest BCUT2D eigenvalue weighted by Crippen LogP contribution is 2.38. The van der Waals surface area contributed by atoms with Crippen LogP contribution in [0.2, 0.25) is 0 Å². The number of imidazole rings is 1. The standard InChI is InChI=1S/C32H35FN6O5/c1-32(17-44-18-32)31(41)38-11-4-5-21(16-38)30-37-26(23-9-7-19(28(34)40)13-24(23)33)27-29(35-10-12-39(27)30)36-15-20-6-8-22(42-2)14-25(20)43-3/h6-10,12-14,21H,4-5,11,15-18H2,1-3H3,(H2,34,40)(H,35,36). The van der Waals surface area contributed by atoms with Gasteiger partial charge in [0.25, 0.3) is 0 Å². The first-order valence-corrected chi connectivity index (χ1v) is 14.5. The van der Waals surface area contributed by atoms with Gasteiger partial charge in [0.2, 0.25) is 11.8 Å². The topological polar surface area (TPSA) is 133 Å². The fraction of sp³-hybridized carbons (Fsp3) is 0.375. The first-order chi connectivity index (χ1) is 21.2. The molecule has 0 spiro atoms. The highest BCUT2D eigenvalue weighted by molar-refractivity contribution is 5.94. The Morgan fingerprint density at radius 1 is 1.18 bits per heavy atom. The van der Waals surface area contributed by atoms with E-state index in [1.54, 1.807) is 32.7 Å². The van der Waals surface area contributed by atoms with Gasteiger partial charge >= 0.3 is 0 Å². The minimum absolute atomic E-state index is 0.0629. The highest BCUT2D eigenvalue weighted by Gasteiger charge is 2.45. The summed E-state index contributed by atoms with van der Waals surface area (Å²) < 4.78 is 33.7. The van der Waals surface area contributed by atoms with Crippen LogP contribution < -0.4 is 20.5 Å². The predicted octanol–water partition coefficient (Wildman–Crippen LogP) is 4.01. The number of rotatable bonds is 9. The summed E-state index contributed by atoms with van der Waals surface area (Å²) in [5.41, 5.74) is 6.98. The number of halogens is 1. The van der Waals surface area contributed by atoms with E-state index in [-0.39, 0.29) is 23.0 Å². The van der Waals surface area contributed by atoms with Crippen molar-refractivity contribution in [2.45, 2.75) is 32.2 Å². The molecule has 2 aromatic heterocycles. The molecule has 2 aromatic carbocycles. The third-order valence-corrected chi connectivity index (χ3v) is 8.46. The van der Waals surface area contributed by atoms with Gasteiger partial charge in [0.1, 0.15) is 34.4 Å². The molecular formula is C32H35FN6O5. The van der Waals surface area contributed by atoms with Crippen LogP contribution in [0.4, 0.5) is 10.2 Å². The van der Waals surface area contributed by atoms with Crippen molar-refractivity contribution in [1.29, 1.82) is 0 Å². The van der Waals surface area contributed by atoms with Gasteiger partial charge in [-0.1, -0.05) is 0 Å². The number of hydrogen-bond donors (Lipinski definition) is 2. The molecule has 4 aromatic rings. The highest BCUT2D eigenvalue weighted by atomic mass is 19.1. The largest absolute Gasteiger partial charge is 0.497 e. The van der Waals surface area contributed by atoms with Crippen LogP contribution in [0, 0.1) is 11.2 Å². The number of nitrogens with zero attached hydrogens (tertiary/aromatic N) is 4. The Hall–Kier alpha value is -4.71. The van der Waals surface area contributed by atoms with Gasteiger partial charge in [0.15, 0.2) is 5.82 Å². The quantitative estimate of drug-likeness (QED) is 0.294. The summed E-state index contributed by atoms with van der Waals surface area (Å²) in [5, 5.41) is 3.39. The molecule has 2 saturated heterocycles. The number of anilines is 1. The number of fused-ring (bicyclic) bond motifs is 1. The number of carbonyl (C=O) groups is 2. The molecule has 4 heterocycles. The average molecular weight is 603 g/mol. The van der Waals surface area contributed by atoms with Crippen LogP contribution in [-0.4, -0.2) is 71.6 Å². The summed E-state index contributed by atoms with van der Waals surface area (Å²) >= 11 is 0. The molecule has 44 heavy (non-hydrogen) atoms. The van der Waals surface area contributed by atoms with Gasteiger partial charge in [0.05, 0.1) is 32.8 Å². The lowest BCUT2D eigenvalue weighted by Crippen LogP contribution is -2.55. The summed E-state index contributed by atoms with van der Waals surface area (Å²) in [7, 11) is 3.18. The van der Waals surface area contributed by atoms with Crippen molar-refractivity contribution >= 4 is 23.1 Å². The number of aromatic nitrogens is 3. The number of carbonyl (C=O) groups excluding carboxylic acids is 2. The smallest absolute Gasteiger partial charge is 0.248 e. The van der Waals surface area contributed by atoms with E-state index in [9.17, 15) is 9.59 Å². The fourth-order valence-corrected chi connectivity index (χ4v) is 5.99. The van der Waals surface area contributed by atoms with Gasteiger partial charge in [-0.25, -0.2) is 14.4 Å². The van der Waals surface area contributed by atoms with Crippen LogP contribution in [0.3, 0.4) is 0 Å². The number of ether oxygens (including phenoxy) is 3. The van der Waals surface area contributed by atoms with Crippen molar-refractivity contribution in [3.63, 3.8) is 0 Å². The lowest BCUT2D eigenvalue weighted by atomic mass is 9.85. The predicted molar refractivity (Wildman–Crippen MR) is 161 cm³/mol. The number of piperidine rings is 1. The van der Waals surface area contributed by atoms with E-state index in [2.05, 4.69) is 10.3 Å². The fourth-order valence-electron chi connectivity index (χ4n) is 5.99. The van der Waals surface area contributed by atoms with Crippen LogP contribution in [0.5, 0.6) is 11.5 Å². The number of methoxy groups -OCH3 is 2. The Morgan fingerprint density at radius 3 is 2.68 bits per heavy atom. The lowest BCUT2D eigenvalue weighted by Gasteiger charge is -2.42. The van der Waals surface area contributed by atoms with Crippen LogP contribution in [0.1, 0.15) is 47.4 Å². The number of primary amides is 1. The van der Waals surface area contributed by atoms with Gasteiger partial charge in [0, 0.05) is 60.7 Å². The Kier molecular flexibility index (Phi) is 7.85. The summed E-state index contributed by atoms with van der Waals surface area (Å²) in [6, 6.07) is 9.67. The number of benzene rings is 2. The Labute approximate surface area is 254 Å². The van der Waals surface area contributed by atoms with Crippen molar-refractivity contribution in [3.05, 3.63) is 71.6 Å². The van der Waals surface area contributed by atoms with Crippen LogP contribution in [0.15, 0.2) is 48.8 Å².